The van der Waals surface area contributed by atoms with Gasteiger partial charge in [-0.15, -0.1) is 0 Å². The fourth-order valence-electron chi connectivity index (χ4n) is 2.39. The van der Waals surface area contributed by atoms with Crippen molar-refractivity contribution >= 4 is 29.4 Å². The van der Waals surface area contributed by atoms with E-state index in [-0.39, 0.29) is 12.5 Å². The minimum absolute atomic E-state index is 0.169. The zero-order valence-electron chi connectivity index (χ0n) is 13.5. The van der Waals surface area contributed by atoms with E-state index in [9.17, 15) is 4.79 Å². The van der Waals surface area contributed by atoms with Crippen molar-refractivity contribution in [3.8, 4) is 0 Å². The molecule has 0 bridgehead atoms. The van der Waals surface area contributed by atoms with E-state index < -0.39 is 0 Å². The second kappa shape index (κ2) is 7.79. The highest BCUT2D eigenvalue weighted by molar-refractivity contribution is 6.30. The van der Waals surface area contributed by atoms with Crippen LogP contribution in [-0.4, -0.2) is 18.7 Å². The molecule has 2 aromatic carbocycles. The Balaban J connectivity index is 1.87. The van der Waals surface area contributed by atoms with Crippen LogP contribution in [-0.2, 0) is 4.79 Å². The minimum atomic E-state index is -0.199. The number of halogens is 1. The fraction of sp³-hybridized carbons (Fsp3) is 0.222. The third-order valence-electron chi connectivity index (χ3n) is 3.38. The molecule has 0 aromatic heterocycles. The maximum Gasteiger partial charge on any atom is 0.259 e. The lowest BCUT2D eigenvalue weighted by atomic mass is 10.1. The van der Waals surface area contributed by atoms with Gasteiger partial charge in [0.15, 0.2) is 0 Å². The van der Waals surface area contributed by atoms with Crippen LogP contribution < -0.4 is 10.7 Å². The quantitative estimate of drug-likeness (QED) is 0.647. The van der Waals surface area contributed by atoms with E-state index in [1.807, 2.05) is 26.0 Å². The maximum absolute atomic E-state index is 11.8. The Morgan fingerprint density at radius 1 is 1.13 bits per heavy atom. The predicted octanol–water partition coefficient (Wildman–Crippen LogP) is 3.83. The van der Waals surface area contributed by atoms with E-state index in [0.29, 0.717) is 5.02 Å². The first kappa shape index (κ1) is 17.0. The Morgan fingerprint density at radius 2 is 1.74 bits per heavy atom. The van der Waals surface area contributed by atoms with Crippen LogP contribution in [0.3, 0.4) is 0 Å². The van der Waals surface area contributed by atoms with Gasteiger partial charge in [-0.3, -0.25) is 4.79 Å². The van der Waals surface area contributed by atoms with Gasteiger partial charge in [-0.1, -0.05) is 41.4 Å². The Labute approximate surface area is 141 Å². The molecular weight excluding hydrogens is 310 g/mol. The van der Waals surface area contributed by atoms with Crippen molar-refractivity contribution in [1.29, 1.82) is 0 Å². The van der Waals surface area contributed by atoms with Crippen molar-refractivity contribution in [2.24, 2.45) is 5.10 Å². The summed E-state index contributed by atoms with van der Waals surface area (Å²) in [7, 11) is 0. The molecule has 2 N–H and O–H groups in total. The number of amides is 1. The number of hydrazone groups is 1. The standard InChI is InChI=1S/C18H20ClN3O/c1-12-8-13(2)18(14(3)9-12)20-11-17(23)22-21-10-15-4-6-16(19)7-5-15/h4-10,20H,11H2,1-3H3,(H,22,23)/b21-10-. The smallest absolute Gasteiger partial charge is 0.259 e. The van der Waals surface area contributed by atoms with Crippen LogP contribution in [0, 0.1) is 20.8 Å². The monoisotopic (exact) mass is 329 g/mol. The zero-order chi connectivity index (χ0) is 16.8. The lowest BCUT2D eigenvalue weighted by Gasteiger charge is -2.13. The highest BCUT2D eigenvalue weighted by atomic mass is 35.5. The van der Waals surface area contributed by atoms with Crippen molar-refractivity contribution in [2.75, 3.05) is 11.9 Å². The van der Waals surface area contributed by atoms with Crippen molar-refractivity contribution in [3.63, 3.8) is 0 Å². The first-order valence-corrected chi connectivity index (χ1v) is 7.72. The molecule has 5 heteroatoms. The molecule has 2 aromatic rings. The van der Waals surface area contributed by atoms with Crippen LogP contribution >= 0.6 is 11.6 Å². The lowest BCUT2D eigenvalue weighted by molar-refractivity contribution is -0.119. The highest BCUT2D eigenvalue weighted by Crippen LogP contribution is 2.21. The molecule has 4 nitrogen and oxygen atoms in total. The van der Waals surface area contributed by atoms with Gasteiger partial charge in [0.25, 0.3) is 5.91 Å². The summed E-state index contributed by atoms with van der Waals surface area (Å²) in [5, 5.41) is 7.76. The maximum atomic E-state index is 11.8. The minimum Gasteiger partial charge on any atom is -0.376 e. The topological polar surface area (TPSA) is 53.5 Å². The molecule has 0 heterocycles. The molecule has 0 atom stereocenters. The molecule has 1 amide bonds. The average Bonchev–Trinajstić information content (AvgIpc) is 2.48. The SMILES string of the molecule is Cc1cc(C)c(NCC(=O)N/N=C\c2ccc(Cl)cc2)c(C)c1. The lowest BCUT2D eigenvalue weighted by Crippen LogP contribution is -2.26. The molecule has 0 radical (unpaired) electrons. The van der Waals surface area contributed by atoms with Crippen LogP contribution in [0.1, 0.15) is 22.3 Å². The van der Waals surface area contributed by atoms with Gasteiger partial charge < -0.3 is 5.32 Å². The molecule has 0 aliphatic rings. The second-order valence-electron chi connectivity index (χ2n) is 5.47. The molecule has 23 heavy (non-hydrogen) atoms. The van der Waals surface area contributed by atoms with Gasteiger partial charge in [-0.2, -0.15) is 5.10 Å². The second-order valence-corrected chi connectivity index (χ2v) is 5.91. The van der Waals surface area contributed by atoms with Crippen LogP contribution in [0.5, 0.6) is 0 Å². The largest absolute Gasteiger partial charge is 0.376 e. The first-order chi connectivity index (χ1) is 11.0. The van der Waals surface area contributed by atoms with Gasteiger partial charge in [0.1, 0.15) is 0 Å². The summed E-state index contributed by atoms with van der Waals surface area (Å²) in [6.45, 7) is 6.28. The van der Waals surface area contributed by atoms with Crippen molar-refractivity contribution in [3.05, 3.63) is 63.7 Å². The fourth-order valence-corrected chi connectivity index (χ4v) is 2.52. The summed E-state index contributed by atoms with van der Waals surface area (Å²) in [4.78, 5) is 11.8. The molecule has 0 fully saturated rings. The van der Waals surface area contributed by atoms with Gasteiger partial charge in [-0.25, -0.2) is 5.43 Å². The third-order valence-corrected chi connectivity index (χ3v) is 3.63. The zero-order valence-corrected chi connectivity index (χ0v) is 14.2. The normalized spacial score (nSPS) is 10.8. The summed E-state index contributed by atoms with van der Waals surface area (Å²) in [6.07, 6.45) is 1.58. The van der Waals surface area contributed by atoms with Crippen molar-refractivity contribution in [2.45, 2.75) is 20.8 Å². The van der Waals surface area contributed by atoms with Crippen molar-refractivity contribution in [1.82, 2.24) is 5.43 Å². The number of aryl methyl sites for hydroxylation is 3. The van der Waals surface area contributed by atoms with E-state index in [0.717, 1.165) is 22.4 Å². The van der Waals surface area contributed by atoms with Gasteiger partial charge in [0, 0.05) is 10.7 Å². The number of rotatable bonds is 5. The number of carbonyl (C=O) groups is 1. The number of hydrogen-bond acceptors (Lipinski definition) is 3. The first-order valence-electron chi connectivity index (χ1n) is 7.35. The number of hydrogen-bond donors (Lipinski definition) is 2. The Kier molecular flexibility index (Phi) is 5.77. The summed E-state index contributed by atoms with van der Waals surface area (Å²) in [5.41, 5.74) is 7.82. The molecule has 0 unspecified atom stereocenters. The third kappa shape index (κ3) is 5.11. The van der Waals surface area contributed by atoms with E-state index >= 15 is 0 Å². The molecule has 0 saturated carbocycles. The van der Waals surface area contributed by atoms with Crippen LogP contribution in [0.2, 0.25) is 5.02 Å². The summed E-state index contributed by atoms with van der Waals surface area (Å²) in [5.74, 6) is -0.199. The summed E-state index contributed by atoms with van der Waals surface area (Å²) >= 11 is 5.81. The van der Waals surface area contributed by atoms with E-state index in [4.69, 9.17) is 11.6 Å². The van der Waals surface area contributed by atoms with Crippen LogP contribution in [0.4, 0.5) is 5.69 Å². The van der Waals surface area contributed by atoms with E-state index in [1.165, 1.54) is 5.56 Å². The summed E-state index contributed by atoms with van der Waals surface area (Å²) in [6, 6.07) is 11.4. The van der Waals surface area contributed by atoms with Gasteiger partial charge in [-0.05, 0) is 49.6 Å². The molecule has 120 valence electrons. The molecule has 0 aliphatic heterocycles. The highest BCUT2D eigenvalue weighted by Gasteiger charge is 2.05. The van der Waals surface area contributed by atoms with Crippen LogP contribution in [0.15, 0.2) is 41.5 Å². The number of anilines is 1. The van der Waals surface area contributed by atoms with Crippen molar-refractivity contribution < 1.29 is 4.79 Å². The average molecular weight is 330 g/mol. The van der Waals surface area contributed by atoms with Gasteiger partial charge in [0.05, 0.1) is 12.8 Å². The molecule has 2 rings (SSSR count). The van der Waals surface area contributed by atoms with E-state index in [1.54, 1.807) is 18.3 Å². The molecule has 0 spiro atoms. The van der Waals surface area contributed by atoms with Gasteiger partial charge in [0.2, 0.25) is 0 Å². The number of benzene rings is 2. The van der Waals surface area contributed by atoms with Gasteiger partial charge >= 0.3 is 0 Å². The predicted molar refractivity (Wildman–Crippen MR) is 96.3 cm³/mol. The Morgan fingerprint density at radius 3 is 2.35 bits per heavy atom. The molecule has 0 aliphatic carbocycles. The Hall–Kier alpha value is -2.33. The molecular formula is C18H20ClN3O. The number of carbonyl (C=O) groups excluding carboxylic acids is 1. The molecule has 0 saturated heterocycles. The summed E-state index contributed by atoms with van der Waals surface area (Å²) < 4.78 is 0. The number of nitrogens with zero attached hydrogens (tertiary/aromatic N) is 1. The Bertz CT molecular complexity index is 701. The van der Waals surface area contributed by atoms with E-state index in [2.05, 4.69) is 34.9 Å². The number of nitrogens with one attached hydrogen (secondary N) is 2. The van der Waals surface area contributed by atoms with Crippen LogP contribution in [0.25, 0.3) is 0 Å².